The Balaban J connectivity index is 1.40. The number of fused-ring (bicyclic) bond motifs is 1. The second-order valence-electron chi connectivity index (χ2n) is 6.97. The van der Waals surface area contributed by atoms with Crippen molar-refractivity contribution in [2.75, 3.05) is 6.61 Å². The molecule has 1 saturated carbocycles. The van der Waals surface area contributed by atoms with Gasteiger partial charge in [0.1, 0.15) is 0 Å². The summed E-state index contributed by atoms with van der Waals surface area (Å²) in [6.07, 6.45) is 5.70. The van der Waals surface area contributed by atoms with Crippen LogP contribution in [0.1, 0.15) is 41.4 Å². The molecule has 0 atom stereocenters. The van der Waals surface area contributed by atoms with Gasteiger partial charge >= 0.3 is 0 Å². The molecule has 0 spiro atoms. The van der Waals surface area contributed by atoms with E-state index < -0.39 is 0 Å². The molecule has 1 aliphatic carbocycles. The van der Waals surface area contributed by atoms with Gasteiger partial charge in [-0.2, -0.15) is 10.1 Å². The van der Waals surface area contributed by atoms with Gasteiger partial charge in [0.05, 0.1) is 29.8 Å². The summed E-state index contributed by atoms with van der Waals surface area (Å²) in [6.45, 7) is 4.10. The third kappa shape index (κ3) is 3.74. The molecular weight excluding hydrogens is 344 g/mol. The molecule has 3 aromatic rings. The number of ether oxygens (including phenoxy) is 1. The predicted octanol–water partition coefficient (Wildman–Crippen LogP) is 1.95. The van der Waals surface area contributed by atoms with Crippen molar-refractivity contribution in [3.8, 4) is 5.88 Å². The van der Waals surface area contributed by atoms with E-state index in [-0.39, 0.29) is 12.5 Å². The molecular formula is C19H22N6O2. The molecule has 0 aliphatic heterocycles. The Bertz CT molecular complexity index is 992. The minimum Gasteiger partial charge on any atom is -0.468 e. The molecule has 0 unspecified atom stereocenters. The van der Waals surface area contributed by atoms with Crippen LogP contribution >= 0.6 is 0 Å². The van der Waals surface area contributed by atoms with Crippen LogP contribution in [0.3, 0.4) is 0 Å². The van der Waals surface area contributed by atoms with Crippen molar-refractivity contribution in [3.63, 3.8) is 0 Å². The molecule has 0 saturated heterocycles. The molecule has 0 bridgehead atoms. The molecule has 1 amide bonds. The first kappa shape index (κ1) is 17.4. The SMILES string of the molecule is Cc1cnc(CNC(=O)COc2cc(C)c3c(C4CC4)nn(C)c3n2)cn1. The largest absolute Gasteiger partial charge is 0.468 e. The number of amides is 1. The van der Waals surface area contributed by atoms with Crippen molar-refractivity contribution in [3.05, 3.63) is 41.1 Å². The number of carbonyl (C=O) groups is 1. The van der Waals surface area contributed by atoms with E-state index in [0.717, 1.165) is 28.0 Å². The average Bonchev–Trinajstić information content (AvgIpc) is 3.44. The second-order valence-corrected chi connectivity index (χ2v) is 6.97. The minimum absolute atomic E-state index is 0.107. The molecule has 8 nitrogen and oxygen atoms in total. The number of nitrogens with one attached hydrogen (secondary N) is 1. The smallest absolute Gasteiger partial charge is 0.258 e. The van der Waals surface area contributed by atoms with Gasteiger partial charge in [0.15, 0.2) is 12.3 Å². The molecule has 27 heavy (non-hydrogen) atoms. The van der Waals surface area contributed by atoms with Crippen molar-refractivity contribution in [2.45, 2.75) is 39.2 Å². The zero-order valence-electron chi connectivity index (χ0n) is 15.7. The molecule has 1 aliphatic rings. The molecule has 8 heteroatoms. The number of hydrogen-bond donors (Lipinski definition) is 1. The van der Waals surface area contributed by atoms with Crippen LogP contribution in [0.5, 0.6) is 5.88 Å². The van der Waals surface area contributed by atoms with Gasteiger partial charge in [-0.15, -0.1) is 0 Å². The summed E-state index contributed by atoms with van der Waals surface area (Å²) in [6, 6.07) is 1.87. The maximum absolute atomic E-state index is 12.0. The molecule has 1 fully saturated rings. The first-order valence-electron chi connectivity index (χ1n) is 9.02. The fraction of sp³-hybridized carbons (Fsp3) is 0.421. The second kappa shape index (κ2) is 6.94. The lowest BCUT2D eigenvalue weighted by Crippen LogP contribution is -2.29. The van der Waals surface area contributed by atoms with Gasteiger partial charge in [-0.25, -0.2) is 0 Å². The molecule has 0 aromatic carbocycles. The lowest BCUT2D eigenvalue weighted by atomic mass is 10.1. The van der Waals surface area contributed by atoms with Crippen LogP contribution in [0.15, 0.2) is 18.5 Å². The van der Waals surface area contributed by atoms with Gasteiger partial charge in [-0.3, -0.25) is 19.4 Å². The first-order valence-corrected chi connectivity index (χ1v) is 9.02. The average molecular weight is 366 g/mol. The quantitative estimate of drug-likeness (QED) is 0.716. The zero-order chi connectivity index (χ0) is 19.0. The van der Waals surface area contributed by atoms with Crippen molar-refractivity contribution in [1.29, 1.82) is 0 Å². The number of aryl methyl sites for hydroxylation is 3. The van der Waals surface area contributed by atoms with Crippen LogP contribution in [-0.4, -0.2) is 37.2 Å². The molecule has 3 aromatic heterocycles. The van der Waals surface area contributed by atoms with E-state index in [0.29, 0.717) is 24.0 Å². The normalized spacial score (nSPS) is 13.7. The lowest BCUT2D eigenvalue weighted by Gasteiger charge is -2.08. The van der Waals surface area contributed by atoms with Crippen molar-refractivity contribution < 1.29 is 9.53 Å². The molecule has 1 N–H and O–H groups in total. The van der Waals surface area contributed by atoms with E-state index in [9.17, 15) is 4.79 Å². The van der Waals surface area contributed by atoms with Crippen LogP contribution in [-0.2, 0) is 18.4 Å². The number of pyridine rings is 1. The van der Waals surface area contributed by atoms with Crippen LogP contribution in [0, 0.1) is 13.8 Å². The minimum atomic E-state index is -0.236. The van der Waals surface area contributed by atoms with E-state index in [1.807, 2.05) is 27.0 Å². The lowest BCUT2D eigenvalue weighted by molar-refractivity contribution is -0.123. The van der Waals surface area contributed by atoms with E-state index in [1.54, 1.807) is 17.1 Å². The Labute approximate surface area is 157 Å². The third-order valence-corrected chi connectivity index (χ3v) is 4.61. The highest BCUT2D eigenvalue weighted by atomic mass is 16.5. The van der Waals surface area contributed by atoms with Crippen molar-refractivity contribution in [1.82, 2.24) is 30.0 Å². The summed E-state index contributed by atoms with van der Waals surface area (Å²) < 4.78 is 7.39. The zero-order valence-corrected chi connectivity index (χ0v) is 15.7. The maximum atomic E-state index is 12.0. The first-order chi connectivity index (χ1) is 13.0. The number of rotatable bonds is 6. The van der Waals surface area contributed by atoms with Gasteiger partial charge in [0.25, 0.3) is 5.91 Å². The molecule has 140 valence electrons. The fourth-order valence-electron chi connectivity index (χ4n) is 3.04. The summed E-state index contributed by atoms with van der Waals surface area (Å²) in [5.74, 6) is 0.743. The highest BCUT2D eigenvalue weighted by Gasteiger charge is 2.30. The molecule has 0 radical (unpaired) electrons. The summed E-state index contributed by atoms with van der Waals surface area (Å²) in [5.41, 5.74) is 4.53. The Hall–Kier alpha value is -3.03. The Morgan fingerprint density at radius 3 is 2.81 bits per heavy atom. The van der Waals surface area contributed by atoms with Crippen LogP contribution in [0.25, 0.3) is 11.0 Å². The van der Waals surface area contributed by atoms with Crippen LogP contribution < -0.4 is 10.1 Å². The summed E-state index contributed by atoms with van der Waals surface area (Å²) in [5, 5.41) is 8.50. The van der Waals surface area contributed by atoms with Crippen molar-refractivity contribution >= 4 is 16.9 Å². The highest BCUT2D eigenvalue weighted by molar-refractivity contribution is 5.84. The molecule has 4 rings (SSSR count). The predicted molar refractivity (Wildman–Crippen MR) is 99.3 cm³/mol. The van der Waals surface area contributed by atoms with E-state index >= 15 is 0 Å². The Kier molecular flexibility index (Phi) is 4.47. The van der Waals surface area contributed by atoms with Gasteiger partial charge in [0, 0.05) is 30.6 Å². The number of carbonyl (C=O) groups excluding carboxylic acids is 1. The monoisotopic (exact) mass is 366 g/mol. The standard InChI is InChI=1S/C19H22N6O2/c1-11-6-16(23-19-17(11)18(13-4-5-13)24-25(19)3)27-10-15(26)22-9-14-8-20-12(2)7-21-14/h6-8,13H,4-5,9-10H2,1-3H3,(H,22,26). The van der Waals surface area contributed by atoms with Crippen LogP contribution in [0.2, 0.25) is 0 Å². The van der Waals surface area contributed by atoms with Gasteiger partial charge in [-0.1, -0.05) is 0 Å². The number of nitrogens with zero attached hydrogens (tertiary/aromatic N) is 5. The number of hydrogen-bond acceptors (Lipinski definition) is 6. The fourth-order valence-corrected chi connectivity index (χ4v) is 3.04. The highest BCUT2D eigenvalue weighted by Crippen LogP contribution is 2.43. The van der Waals surface area contributed by atoms with Gasteiger partial charge < -0.3 is 10.1 Å². The van der Waals surface area contributed by atoms with Crippen molar-refractivity contribution in [2.24, 2.45) is 7.05 Å². The topological polar surface area (TPSA) is 94.8 Å². The van der Waals surface area contributed by atoms with E-state index in [4.69, 9.17) is 4.74 Å². The van der Waals surface area contributed by atoms with E-state index in [2.05, 4.69) is 25.4 Å². The summed E-state index contributed by atoms with van der Waals surface area (Å²) in [4.78, 5) is 24.9. The maximum Gasteiger partial charge on any atom is 0.258 e. The summed E-state index contributed by atoms with van der Waals surface area (Å²) in [7, 11) is 1.89. The third-order valence-electron chi connectivity index (χ3n) is 4.61. The number of aromatic nitrogens is 5. The van der Waals surface area contributed by atoms with Crippen LogP contribution in [0.4, 0.5) is 0 Å². The molecule has 3 heterocycles. The van der Waals surface area contributed by atoms with Gasteiger partial charge in [-0.05, 0) is 32.3 Å². The Morgan fingerprint density at radius 2 is 2.11 bits per heavy atom. The Morgan fingerprint density at radius 1 is 1.30 bits per heavy atom. The summed E-state index contributed by atoms with van der Waals surface area (Å²) >= 11 is 0. The van der Waals surface area contributed by atoms with E-state index in [1.165, 1.54) is 12.8 Å². The van der Waals surface area contributed by atoms with Gasteiger partial charge in [0.2, 0.25) is 5.88 Å².